The molecular formula is C11H17FN2O3S. The summed E-state index contributed by atoms with van der Waals surface area (Å²) in [4.78, 5) is 3.53. The highest BCUT2D eigenvalue weighted by Gasteiger charge is 2.33. The van der Waals surface area contributed by atoms with Gasteiger partial charge < -0.3 is 5.11 Å². The van der Waals surface area contributed by atoms with Crippen molar-refractivity contribution in [2.45, 2.75) is 37.3 Å². The Morgan fingerprint density at radius 2 is 2.06 bits per heavy atom. The quantitative estimate of drug-likeness (QED) is 0.814. The van der Waals surface area contributed by atoms with Crippen LogP contribution in [0.5, 0.6) is 0 Å². The molecule has 0 atom stereocenters. The van der Waals surface area contributed by atoms with Crippen LogP contribution in [-0.2, 0) is 10.0 Å². The Labute approximate surface area is 106 Å². The largest absolute Gasteiger partial charge is 0.394 e. The Kier molecular flexibility index (Phi) is 4.78. The molecule has 0 amide bonds. The number of hydrogen-bond acceptors (Lipinski definition) is 4. The molecule has 0 fully saturated rings. The van der Waals surface area contributed by atoms with Gasteiger partial charge in [0.15, 0.2) is 5.82 Å². The van der Waals surface area contributed by atoms with Crippen molar-refractivity contribution in [3.8, 4) is 0 Å². The molecule has 102 valence electrons. The summed E-state index contributed by atoms with van der Waals surface area (Å²) in [7, 11) is -4.08. The molecule has 0 saturated heterocycles. The number of nitrogens with zero attached hydrogens (tertiary/aromatic N) is 1. The molecule has 0 spiro atoms. The van der Waals surface area contributed by atoms with Gasteiger partial charge in [-0.2, -0.15) is 0 Å². The van der Waals surface area contributed by atoms with Gasteiger partial charge in [-0.15, -0.1) is 0 Å². The van der Waals surface area contributed by atoms with Gasteiger partial charge in [-0.25, -0.2) is 22.5 Å². The van der Waals surface area contributed by atoms with Crippen LogP contribution in [0, 0.1) is 5.82 Å². The molecule has 1 heterocycles. The summed E-state index contributed by atoms with van der Waals surface area (Å²) in [5.74, 6) is -0.913. The molecule has 0 unspecified atom stereocenters. The van der Waals surface area contributed by atoms with Crippen molar-refractivity contribution in [3.63, 3.8) is 0 Å². The van der Waals surface area contributed by atoms with Crippen LogP contribution in [0.2, 0.25) is 0 Å². The second kappa shape index (κ2) is 5.73. The van der Waals surface area contributed by atoms with Gasteiger partial charge in [0, 0.05) is 6.20 Å². The lowest BCUT2D eigenvalue weighted by Gasteiger charge is -2.29. The molecule has 0 aromatic carbocycles. The summed E-state index contributed by atoms with van der Waals surface area (Å²) in [5.41, 5.74) is -0.983. The van der Waals surface area contributed by atoms with Crippen LogP contribution in [0.15, 0.2) is 23.4 Å². The number of hydrogen-bond donors (Lipinski definition) is 2. The minimum Gasteiger partial charge on any atom is -0.394 e. The van der Waals surface area contributed by atoms with Crippen molar-refractivity contribution in [2.75, 3.05) is 6.61 Å². The topological polar surface area (TPSA) is 79.3 Å². The zero-order valence-electron chi connectivity index (χ0n) is 10.4. The van der Waals surface area contributed by atoms with E-state index in [-0.39, 0.29) is 6.61 Å². The summed E-state index contributed by atoms with van der Waals surface area (Å²) in [5, 5.41) is 8.67. The van der Waals surface area contributed by atoms with Crippen LogP contribution in [0.25, 0.3) is 0 Å². The smallest absolute Gasteiger partial charge is 0.261 e. The fraction of sp³-hybridized carbons (Fsp3) is 0.545. The molecule has 0 bridgehead atoms. The Morgan fingerprint density at radius 3 is 2.50 bits per heavy atom. The van der Waals surface area contributed by atoms with Crippen LogP contribution >= 0.6 is 0 Å². The molecule has 7 heteroatoms. The molecule has 2 N–H and O–H groups in total. The Hall–Kier alpha value is -1.05. The first-order valence-electron chi connectivity index (χ1n) is 5.66. The van der Waals surface area contributed by atoms with Gasteiger partial charge >= 0.3 is 0 Å². The number of rotatable bonds is 6. The van der Waals surface area contributed by atoms with Gasteiger partial charge in [-0.05, 0) is 25.0 Å². The maximum absolute atomic E-state index is 13.4. The van der Waals surface area contributed by atoms with Gasteiger partial charge in [-0.3, -0.25) is 0 Å². The lowest BCUT2D eigenvalue weighted by atomic mass is 9.96. The van der Waals surface area contributed by atoms with Crippen molar-refractivity contribution in [1.29, 1.82) is 0 Å². The number of nitrogens with one attached hydrogen (secondary N) is 1. The monoisotopic (exact) mass is 276 g/mol. The minimum atomic E-state index is -4.08. The number of pyridine rings is 1. The van der Waals surface area contributed by atoms with E-state index in [4.69, 9.17) is 0 Å². The zero-order valence-corrected chi connectivity index (χ0v) is 11.2. The van der Waals surface area contributed by atoms with Crippen molar-refractivity contribution < 1.29 is 17.9 Å². The molecule has 0 saturated carbocycles. The number of halogens is 1. The Morgan fingerprint density at radius 1 is 1.44 bits per heavy atom. The molecular weight excluding hydrogens is 259 g/mol. The van der Waals surface area contributed by atoms with Crippen molar-refractivity contribution in [2.24, 2.45) is 0 Å². The summed E-state index contributed by atoms with van der Waals surface area (Å²) >= 11 is 0. The fourth-order valence-electron chi connectivity index (χ4n) is 1.55. The van der Waals surface area contributed by atoms with E-state index in [0.29, 0.717) is 12.8 Å². The van der Waals surface area contributed by atoms with Gasteiger partial charge in [0.2, 0.25) is 5.03 Å². The average Bonchev–Trinajstić information content (AvgIpc) is 2.36. The number of sulfonamides is 1. The minimum absolute atomic E-state index is 0.353. The predicted molar refractivity (Wildman–Crippen MR) is 64.9 cm³/mol. The van der Waals surface area contributed by atoms with Crippen LogP contribution in [0.4, 0.5) is 4.39 Å². The predicted octanol–water partition coefficient (Wildman–Crippen LogP) is 1.05. The zero-order chi connectivity index (χ0) is 13.8. The Bertz CT molecular complexity index is 493. The Balaban J connectivity index is 3.13. The molecule has 18 heavy (non-hydrogen) atoms. The number of aromatic nitrogens is 1. The average molecular weight is 276 g/mol. The first-order valence-corrected chi connectivity index (χ1v) is 7.14. The standard InChI is InChI=1S/C11H17FN2O3S/c1-3-11(4-2,8-15)14-18(16,17)10-9(12)6-5-7-13-10/h5-7,14-15H,3-4,8H2,1-2H3. The number of aliphatic hydroxyl groups is 1. The second-order valence-corrected chi connectivity index (χ2v) is 5.64. The molecule has 5 nitrogen and oxygen atoms in total. The second-order valence-electron chi connectivity index (χ2n) is 4.04. The summed E-state index contributed by atoms with van der Waals surface area (Å²) in [6.45, 7) is 3.14. The molecule has 1 aromatic rings. The summed E-state index contributed by atoms with van der Waals surface area (Å²) in [6, 6.07) is 2.34. The van der Waals surface area contributed by atoms with Crippen LogP contribution in [0.1, 0.15) is 26.7 Å². The third kappa shape index (κ3) is 3.04. The SMILES string of the molecule is CCC(CC)(CO)NS(=O)(=O)c1ncccc1F. The lowest BCUT2D eigenvalue weighted by molar-refractivity contribution is 0.172. The third-order valence-corrected chi connectivity index (χ3v) is 4.50. The van der Waals surface area contributed by atoms with E-state index < -0.39 is 26.4 Å². The van der Waals surface area contributed by atoms with E-state index in [1.807, 2.05) is 0 Å². The first-order chi connectivity index (χ1) is 8.40. The molecule has 1 aromatic heterocycles. The van der Waals surface area contributed by atoms with Crippen molar-refractivity contribution in [1.82, 2.24) is 9.71 Å². The summed E-state index contributed by atoms with van der Waals surface area (Å²) < 4.78 is 39.8. The van der Waals surface area contributed by atoms with Gasteiger partial charge in [0.1, 0.15) is 0 Å². The van der Waals surface area contributed by atoms with Crippen molar-refractivity contribution >= 4 is 10.0 Å². The third-order valence-electron chi connectivity index (χ3n) is 2.99. The van der Waals surface area contributed by atoms with E-state index in [2.05, 4.69) is 9.71 Å². The maximum atomic E-state index is 13.4. The number of aliphatic hydroxyl groups excluding tert-OH is 1. The molecule has 0 aliphatic carbocycles. The van der Waals surface area contributed by atoms with Gasteiger partial charge in [0.25, 0.3) is 10.0 Å². The highest BCUT2D eigenvalue weighted by Crippen LogP contribution is 2.19. The lowest BCUT2D eigenvalue weighted by Crippen LogP contribution is -2.50. The van der Waals surface area contributed by atoms with E-state index in [9.17, 15) is 17.9 Å². The fourth-order valence-corrected chi connectivity index (χ4v) is 3.10. The normalized spacial score (nSPS) is 12.7. The first kappa shape index (κ1) is 15.0. The van der Waals surface area contributed by atoms with Gasteiger partial charge in [0.05, 0.1) is 12.1 Å². The van der Waals surface area contributed by atoms with E-state index in [0.717, 1.165) is 6.07 Å². The van der Waals surface area contributed by atoms with Gasteiger partial charge in [-0.1, -0.05) is 13.8 Å². The van der Waals surface area contributed by atoms with Crippen molar-refractivity contribution in [3.05, 3.63) is 24.1 Å². The highest BCUT2D eigenvalue weighted by molar-refractivity contribution is 7.89. The van der Waals surface area contributed by atoms with E-state index in [1.54, 1.807) is 13.8 Å². The van der Waals surface area contributed by atoms with Crippen LogP contribution < -0.4 is 4.72 Å². The van der Waals surface area contributed by atoms with E-state index in [1.165, 1.54) is 12.3 Å². The molecule has 0 aliphatic rings. The highest BCUT2D eigenvalue weighted by atomic mass is 32.2. The van der Waals surface area contributed by atoms with E-state index >= 15 is 0 Å². The maximum Gasteiger partial charge on any atom is 0.261 e. The molecule has 0 aliphatic heterocycles. The van der Waals surface area contributed by atoms with Crippen LogP contribution in [-0.4, -0.2) is 30.7 Å². The molecule has 0 radical (unpaired) electrons. The molecule has 1 rings (SSSR count). The summed E-state index contributed by atoms with van der Waals surface area (Å²) in [6.07, 6.45) is 2.00. The van der Waals surface area contributed by atoms with Crippen LogP contribution in [0.3, 0.4) is 0 Å².